The molecule has 0 atom stereocenters. The summed E-state index contributed by atoms with van der Waals surface area (Å²) in [6, 6.07) is 8.03. The van der Waals surface area contributed by atoms with Gasteiger partial charge in [0.25, 0.3) is 5.91 Å². The van der Waals surface area contributed by atoms with Crippen LogP contribution in [-0.2, 0) is 0 Å². The number of hydrogen-bond donors (Lipinski definition) is 1. The Morgan fingerprint density at radius 1 is 1.28 bits per heavy atom. The highest BCUT2D eigenvalue weighted by atomic mass is 16.3. The molecular weight excluding hydrogens is 226 g/mol. The van der Waals surface area contributed by atoms with Gasteiger partial charge >= 0.3 is 0 Å². The summed E-state index contributed by atoms with van der Waals surface area (Å²) < 4.78 is 5.62. The van der Waals surface area contributed by atoms with Crippen molar-refractivity contribution in [2.45, 2.75) is 38.6 Å². The van der Waals surface area contributed by atoms with Crippen LogP contribution in [0.3, 0.4) is 0 Å². The van der Waals surface area contributed by atoms with Crippen LogP contribution in [0.4, 0.5) is 0 Å². The molecule has 0 unspecified atom stereocenters. The molecule has 0 aliphatic heterocycles. The van der Waals surface area contributed by atoms with Gasteiger partial charge in [0.2, 0.25) is 0 Å². The fourth-order valence-corrected chi connectivity index (χ4v) is 2.78. The van der Waals surface area contributed by atoms with E-state index < -0.39 is 0 Å². The van der Waals surface area contributed by atoms with Crippen LogP contribution in [0.1, 0.15) is 41.8 Å². The van der Waals surface area contributed by atoms with Crippen molar-refractivity contribution in [2.24, 2.45) is 0 Å². The predicted octanol–water partition coefficient (Wildman–Crippen LogP) is 3.41. The fraction of sp³-hybridized carbons (Fsp3) is 0.400. The van der Waals surface area contributed by atoms with Crippen LogP contribution < -0.4 is 5.32 Å². The Balaban J connectivity index is 1.92. The molecule has 1 saturated carbocycles. The number of rotatable bonds is 2. The lowest BCUT2D eigenvalue weighted by Gasteiger charge is -2.11. The smallest absolute Gasteiger partial charge is 0.255 e. The molecule has 1 aliphatic rings. The van der Waals surface area contributed by atoms with Crippen LogP contribution in [0, 0.1) is 6.92 Å². The minimum atomic E-state index is 0.00403. The lowest BCUT2D eigenvalue weighted by atomic mass is 10.1. The molecule has 0 saturated heterocycles. The van der Waals surface area contributed by atoms with E-state index in [9.17, 15) is 4.79 Å². The van der Waals surface area contributed by atoms with Gasteiger partial charge in [-0.1, -0.05) is 31.0 Å². The molecule has 3 heteroatoms. The summed E-state index contributed by atoms with van der Waals surface area (Å²) in [4.78, 5) is 12.3. The Morgan fingerprint density at radius 3 is 2.78 bits per heavy atom. The van der Waals surface area contributed by atoms with Gasteiger partial charge in [0.05, 0.1) is 5.56 Å². The Kier molecular flexibility index (Phi) is 2.82. The molecule has 1 heterocycles. The molecule has 0 bridgehead atoms. The third-order valence-corrected chi connectivity index (χ3v) is 3.69. The van der Waals surface area contributed by atoms with Crippen molar-refractivity contribution >= 4 is 16.9 Å². The first kappa shape index (κ1) is 11.3. The van der Waals surface area contributed by atoms with Crippen molar-refractivity contribution in [3.63, 3.8) is 0 Å². The predicted molar refractivity (Wildman–Crippen MR) is 70.7 cm³/mol. The molecule has 0 spiro atoms. The number of hydrogen-bond acceptors (Lipinski definition) is 2. The topological polar surface area (TPSA) is 42.2 Å². The van der Waals surface area contributed by atoms with Gasteiger partial charge in [0.15, 0.2) is 0 Å². The van der Waals surface area contributed by atoms with Gasteiger partial charge in [-0.3, -0.25) is 4.79 Å². The lowest BCUT2D eigenvalue weighted by Crippen LogP contribution is -2.32. The van der Waals surface area contributed by atoms with Crippen molar-refractivity contribution in [2.75, 3.05) is 0 Å². The summed E-state index contributed by atoms with van der Waals surface area (Å²) in [5, 5.41) is 4.02. The maximum atomic E-state index is 12.3. The highest BCUT2D eigenvalue weighted by molar-refractivity contribution is 6.07. The zero-order chi connectivity index (χ0) is 12.5. The summed E-state index contributed by atoms with van der Waals surface area (Å²) >= 11 is 0. The van der Waals surface area contributed by atoms with Gasteiger partial charge in [-0.25, -0.2) is 0 Å². The van der Waals surface area contributed by atoms with E-state index in [1.807, 2.05) is 31.2 Å². The third-order valence-electron chi connectivity index (χ3n) is 3.69. The summed E-state index contributed by atoms with van der Waals surface area (Å²) in [7, 11) is 0. The second-order valence-electron chi connectivity index (χ2n) is 4.98. The Hall–Kier alpha value is -1.77. The monoisotopic (exact) mass is 243 g/mol. The zero-order valence-corrected chi connectivity index (χ0v) is 10.5. The van der Waals surface area contributed by atoms with Crippen LogP contribution in [-0.4, -0.2) is 11.9 Å². The number of aryl methyl sites for hydroxylation is 1. The van der Waals surface area contributed by atoms with E-state index in [0.717, 1.165) is 23.8 Å². The molecule has 3 nitrogen and oxygen atoms in total. The highest BCUT2D eigenvalue weighted by Crippen LogP contribution is 2.26. The molecule has 3 rings (SSSR count). The fourth-order valence-electron chi connectivity index (χ4n) is 2.78. The molecule has 1 aliphatic carbocycles. The first-order valence-corrected chi connectivity index (χ1v) is 6.54. The zero-order valence-electron chi connectivity index (χ0n) is 10.5. The van der Waals surface area contributed by atoms with Crippen LogP contribution in [0.2, 0.25) is 0 Å². The number of carbonyl (C=O) groups is 1. The second-order valence-corrected chi connectivity index (χ2v) is 4.98. The van der Waals surface area contributed by atoms with Crippen molar-refractivity contribution < 1.29 is 9.21 Å². The molecule has 18 heavy (non-hydrogen) atoms. The molecular formula is C15H17NO2. The quantitative estimate of drug-likeness (QED) is 0.878. The normalized spacial score (nSPS) is 16.3. The SMILES string of the molecule is Cc1oc2ccccc2c1C(=O)NC1CCCC1. The molecule has 2 aromatic rings. The minimum absolute atomic E-state index is 0.00403. The molecule has 1 aromatic carbocycles. The Labute approximate surface area is 106 Å². The van der Waals surface area contributed by atoms with E-state index in [1.54, 1.807) is 0 Å². The summed E-state index contributed by atoms with van der Waals surface area (Å²) in [6.45, 7) is 1.85. The van der Waals surface area contributed by atoms with Crippen LogP contribution in [0.15, 0.2) is 28.7 Å². The molecule has 1 fully saturated rings. The van der Waals surface area contributed by atoms with Crippen LogP contribution >= 0.6 is 0 Å². The third kappa shape index (κ3) is 1.90. The number of carbonyl (C=O) groups excluding carboxylic acids is 1. The van der Waals surface area contributed by atoms with Gasteiger partial charge in [-0.15, -0.1) is 0 Å². The van der Waals surface area contributed by atoms with E-state index in [1.165, 1.54) is 12.8 Å². The molecule has 1 aromatic heterocycles. The minimum Gasteiger partial charge on any atom is -0.461 e. The van der Waals surface area contributed by atoms with E-state index >= 15 is 0 Å². The van der Waals surface area contributed by atoms with Crippen molar-refractivity contribution in [1.82, 2.24) is 5.32 Å². The van der Waals surface area contributed by atoms with Gasteiger partial charge in [0.1, 0.15) is 11.3 Å². The van der Waals surface area contributed by atoms with Gasteiger partial charge in [-0.2, -0.15) is 0 Å². The molecule has 94 valence electrons. The number of nitrogens with one attached hydrogen (secondary N) is 1. The summed E-state index contributed by atoms with van der Waals surface area (Å²) in [5.41, 5.74) is 1.48. The van der Waals surface area contributed by atoms with E-state index in [-0.39, 0.29) is 5.91 Å². The van der Waals surface area contributed by atoms with E-state index in [2.05, 4.69) is 5.32 Å². The number of benzene rings is 1. The lowest BCUT2D eigenvalue weighted by molar-refractivity contribution is 0.0938. The first-order chi connectivity index (χ1) is 8.75. The maximum absolute atomic E-state index is 12.3. The average Bonchev–Trinajstić information content (AvgIpc) is 2.94. The average molecular weight is 243 g/mol. The standard InChI is InChI=1S/C15H17NO2/c1-10-14(12-8-4-5-9-13(12)18-10)15(17)16-11-6-2-3-7-11/h4-5,8-9,11H,2-3,6-7H2,1H3,(H,16,17). The van der Waals surface area contributed by atoms with Crippen molar-refractivity contribution in [3.05, 3.63) is 35.6 Å². The molecule has 0 radical (unpaired) electrons. The molecule has 1 N–H and O–H groups in total. The van der Waals surface area contributed by atoms with Crippen LogP contribution in [0.5, 0.6) is 0 Å². The first-order valence-electron chi connectivity index (χ1n) is 6.54. The number of fused-ring (bicyclic) bond motifs is 1. The Bertz CT molecular complexity index is 579. The largest absolute Gasteiger partial charge is 0.461 e. The number of amides is 1. The van der Waals surface area contributed by atoms with Crippen molar-refractivity contribution in [1.29, 1.82) is 0 Å². The second kappa shape index (κ2) is 4.48. The maximum Gasteiger partial charge on any atom is 0.255 e. The van der Waals surface area contributed by atoms with Gasteiger partial charge < -0.3 is 9.73 Å². The highest BCUT2D eigenvalue weighted by Gasteiger charge is 2.22. The summed E-state index contributed by atoms with van der Waals surface area (Å²) in [6.07, 6.45) is 4.63. The van der Waals surface area contributed by atoms with E-state index in [4.69, 9.17) is 4.42 Å². The Morgan fingerprint density at radius 2 is 2.00 bits per heavy atom. The summed E-state index contributed by atoms with van der Waals surface area (Å²) in [5.74, 6) is 0.705. The number of furan rings is 1. The molecule has 1 amide bonds. The number of para-hydroxylation sites is 1. The van der Waals surface area contributed by atoms with Gasteiger partial charge in [0, 0.05) is 11.4 Å². The van der Waals surface area contributed by atoms with E-state index in [0.29, 0.717) is 17.4 Å². The van der Waals surface area contributed by atoms with Crippen LogP contribution in [0.25, 0.3) is 11.0 Å². The van der Waals surface area contributed by atoms with Crippen molar-refractivity contribution in [3.8, 4) is 0 Å². The van der Waals surface area contributed by atoms with Gasteiger partial charge in [-0.05, 0) is 25.8 Å².